The number of ether oxygens (including phenoxy) is 1. The molecule has 9 heteroatoms. The molecule has 0 spiro atoms. The highest BCUT2D eigenvalue weighted by Crippen LogP contribution is 2.26. The van der Waals surface area contributed by atoms with E-state index in [1.54, 1.807) is 0 Å². The second-order valence-corrected chi connectivity index (χ2v) is 11.9. The number of hydrogen-bond donors (Lipinski definition) is 0. The Morgan fingerprint density at radius 3 is 2.49 bits per heavy atom. The van der Waals surface area contributed by atoms with Crippen molar-refractivity contribution >= 4 is 53.4 Å². The average Bonchev–Trinajstić information content (AvgIpc) is 3.33. The number of carbonyl (C=O) groups excluding carboxylic acids is 1. The molecule has 2 fully saturated rings. The Morgan fingerprint density at radius 2 is 1.73 bits per heavy atom. The maximum absolute atomic E-state index is 13.7. The molecule has 41 heavy (non-hydrogen) atoms. The smallest absolute Gasteiger partial charge is 0.225 e. The Kier molecular flexibility index (Phi) is 13.1. The Bertz CT molecular complexity index is 1240. The Morgan fingerprint density at radius 1 is 1.00 bits per heavy atom. The highest BCUT2D eigenvalue weighted by atomic mass is 35.5. The van der Waals surface area contributed by atoms with Crippen molar-refractivity contribution in [2.24, 2.45) is 5.92 Å². The summed E-state index contributed by atoms with van der Waals surface area (Å²) in [6.45, 7) is 9.77. The van der Waals surface area contributed by atoms with E-state index in [0.717, 1.165) is 73.5 Å². The first-order valence-corrected chi connectivity index (χ1v) is 15.2. The van der Waals surface area contributed by atoms with Gasteiger partial charge >= 0.3 is 0 Å². The van der Waals surface area contributed by atoms with Crippen LogP contribution in [0.4, 0.5) is 0 Å². The maximum Gasteiger partial charge on any atom is 0.225 e. The fraction of sp³-hybridized carbons (Fsp3) is 0.562. The third kappa shape index (κ3) is 8.53. The molecule has 2 atom stereocenters. The normalized spacial score (nSPS) is 18.4. The van der Waals surface area contributed by atoms with Crippen molar-refractivity contribution in [1.82, 2.24) is 19.4 Å². The summed E-state index contributed by atoms with van der Waals surface area (Å²) in [7, 11) is 0. The summed E-state index contributed by atoms with van der Waals surface area (Å²) in [5, 5.41) is 0.686. The summed E-state index contributed by atoms with van der Waals surface area (Å²) in [6, 6.07) is 14.1. The summed E-state index contributed by atoms with van der Waals surface area (Å²) in [4.78, 5) is 23.5. The number of nitrogens with zero attached hydrogens (tertiary/aromatic N) is 4. The van der Waals surface area contributed by atoms with Gasteiger partial charge in [-0.25, -0.2) is 4.98 Å². The summed E-state index contributed by atoms with van der Waals surface area (Å²) >= 11 is 6.03. The van der Waals surface area contributed by atoms with Crippen molar-refractivity contribution < 1.29 is 9.53 Å². The molecular formula is C32H45Cl3N4O2. The van der Waals surface area contributed by atoms with E-state index in [9.17, 15) is 4.79 Å². The molecule has 3 aromatic rings. The number of aromatic nitrogens is 2. The van der Waals surface area contributed by atoms with Crippen LogP contribution in [0.3, 0.4) is 0 Å². The molecule has 2 aromatic carbocycles. The third-order valence-corrected chi connectivity index (χ3v) is 8.84. The fourth-order valence-corrected chi connectivity index (χ4v) is 6.33. The molecule has 0 saturated carbocycles. The van der Waals surface area contributed by atoms with Gasteiger partial charge in [0.05, 0.1) is 11.0 Å². The minimum Gasteiger partial charge on any atom is -0.486 e. The SMILES string of the molecule is Cc1cccc2c1nc(COc1ccc(Cl)cc1)n2CCC(C)C(=O)N1CCCC[C@H]1CCN1CCCCC1.Cl.Cl. The van der Waals surface area contributed by atoms with Gasteiger partial charge in [-0.05, 0) is 101 Å². The molecular weight excluding hydrogens is 579 g/mol. The van der Waals surface area contributed by atoms with Crippen molar-refractivity contribution in [2.45, 2.75) is 84.4 Å². The third-order valence-electron chi connectivity index (χ3n) is 8.59. The Balaban J connectivity index is 0.00000231. The quantitative estimate of drug-likeness (QED) is 0.232. The number of rotatable bonds is 10. The first-order valence-electron chi connectivity index (χ1n) is 14.9. The number of benzene rings is 2. The number of amides is 1. The number of aryl methyl sites for hydroxylation is 2. The van der Waals surface area contributed by atoms with E-state index in [4.69, 9.17) is 21.3 Å². The summed E-state index contributed by atoms with van der Waals surface area (Å²) < 4.78 is 8.32. The molecule has 0 aliphatic carbocycles. The van der Waals surface area contributed by atoms with Crippen LogP contribution < -0.4 is 4.74 Å². The van der Waals surface area contributed by atoms with E-state index >= 15 is 0 Å². The molecule has 2 aliphatic heterocycles. The Hall–Kier alpha value is -1.99. The molecule has 5 rings (SSSR count). The second-order valence-electron chi connectivity index (χ2n) is 11.4. The van der Waals surface area contributed by atoms with Crippen molar-refractivity contribution in [1.29, 1.82) is 0 Å². The van der Waals surface area contributed by atoms with E-state index in [1.165, 1.54) is 38.8 Å². The number of para-hydroxylation sites is 1. The lowest BCUT2D eigenvalue weighted by molar-refractivity contribution is -0.139. The number of hydrogen-bond acceptors (Lipinski definition) is 4. The van der Waals surface area contributed by atoms with Crippen LogP contribution in [0, 0.1) is 12.8 Å². The number of halogens is 3. The van der Waals surface area contributed by atoms with E-state index < -0.39 is 0 Å². The predicted octanol–water partition coefficient (Wildman–Crippen LogP) is 7.70. The molecule has 1 unspecified atom stereocenters. The molecule has 3 heterocycles. The minimum atomic E-state index is -0.0344. The predicted molar refractivity (Wildman–Crippen MR) is 173 cm³/mol. The largest absolute Gasteiger partial charge is 0.486 e. The monoisotopic (exact) mass is 622 g/mol. The van der Waals surface area contributed by atoms with Crippen LogP contribution in [0.2, 0.25) is 5.02 Å². The van der Waals surface area contributed by atoms with Gasteiger partial charge in [0.1, 0.15) is 18.2 Å². The van der Waals surface area contributed by atoms with Gasteiger partial charge in [-0.1, -0.05) is 37.1 Å². The molecule has 2 aliphatic rings. The molecule has 6 nitrogen and oxygen atoms in total. The zero-order valence-corrected chi connectivity index (χ0v) is 26.8. The highest BCUT2D eigenvalue weighted by Gasteiger charge is 2.30. The molecule has 0 bridgehead atoms. The zero-order valence-electron chi connectivity index (χ0n) is 24.4. The van der Waals surface area contributed by atoms with Crippen molar-refractivity contribution in [3.63, 3.8) is 0 Å². The standard InChI is InChI=1S/C32H43ClN4O2.2ClH/c1-24-9-8-11-29-31(24)34-30(23-39-28-14-12-26(33)13-15-28)37(29)22-16-25(2)32(38)36-20-7-4-10-27(36)17-21-35-18-5-3-6-19-35;;/h8-9,11-15,25,27H,3-7,10,16-23H2,1-2H3;2*1H/t25?,27-;;/m0../s1. The summed E-state index contributed by atoms with van der Waals surface area (Å²) in [5.74, 6) is 1.93. The number of fused-ring (bicyclic) bond motifs is 1. The van der Waals surface area contributed by atoms with E-state index in [2.05, 4.69) is 46.4 Å². The van der Waals surface area contributed by atoms with Gasteiger partial charge in [-0.2, -0.15) is 0 Å². The first-order chi connectivity index (χ1) is 19.0. The van der Waals surface area contributed by atoms with Gasteiger partial charge < -0.3 is 19.1 Å². The minimum absolute atomic E-state index is 0. The van der Waals surface area contributed by atoms with E-state index in [-0.39, 0.29) is 30.7 Å². The van der Waals surface area contributed by atoms with Crippen molar-refractivity contribution in [2.75, 3.05) is 26.2 Å². The van der Waals surface area contributed by atoms with E-state index in [0.29, 0.717) is 23.6 Å². The van der Waals surface area contributed by atoms with Crippen molar-refractivity contribution in [3.05, 3.63) is 58.9 Å². The number of carbonyl (C=O) groups is 1. The molecule has 1 aromatic heterocycles. The second kappa shape index (κ2) is 16.0. The zero-order chi connectivity index (χ0) is 27.2. The first kappa shape index (κ1) is 33.5. The van der Waals surface area contributed by atoms with Crippen LogP contribution >= 0.6 is 36.4 Å². The van der Waals surface area contributed by atoms with Gasteiger partial charge in [0, 0.05) is 36.6 Å². The molecule has 0 N–H and O–H groups in total. The topological polar surface area (TPSA) is 50.6 Å². The fourth-order valence-electron chi connectivity index (χ4n) is 6.21. The maximum atomic E-state index is 13.7. The average molecular weight is 624 g/mol. The summed E-state index contributed by atoms with van der Waals surface area (Å²) in [5.41, 5.74) is 3.25. The number of piperidine rings is 2. The van der Waals surface area contributed by atoms with Gasteiger partial charge in [0.25, 0.3) is 0 Å². The highest BCUT2D eigenvalue weighted by molar-refractivity contribution is 6.30. The van der Waals surface area contributed by atoms with E-state index in [1.807, 2.05) is 24.3 Å². The number of likely N-dealkylation sites (tertiary alicyclic amines) is 2. The van der Waals surface area contributed by atoms with Gasteiger partial charge in [0.15, 0.2) is 0 Å². The number of imidazole rings is 1. The summed E-state index contributed by atoms with van der Waals surface area (Å²) in [6.07, 6.45) is 9.39. The molecule has 2 saturated heterocycles. The van der Waals surface area contributed by atoms with Crippen LogP contribution in [0.1, 0.15) is 69.7 Å². The van der Waals surface area contributed by atoms with Crippen LogP contribution in [0.25, 0.3) is 11.0 Å². The molecule has 0 radical (unpaired) electrons. The van der Waals surface area contributed by atoms with Crippen LogP contribution in [0.5, 0.6) is 5.75 Å². The molecule has 226 valence electrons. The lowest BCUT2D eigenvalue weighted by Crippen LogP contribution is -2.47. The van der Waals surface area contributed by atoms with Crippen LogP contribution in [-0.4, -0.2) is 57.5 Å². The van der Waals surface area contributed by atoms with Gasteiger partial charge in [-0.15, -0.1) is 24.8 Å². The van der Waals surface area contributed by atoms with Crippen LogP contribution in [0.15, 0.2) is 42.5 Å². The van der Waals surface area contributed by atoms with Gasteiger partial charge in [-0.3, -0.25) is 4.79 Å². The van der Waals surface area contributed by atoms with Gasteiger partial charge in [0.2, 0.25) is 5.91 Å². The van der Waals surface area contributed by atoms with Crippen LogP contribution in [-0.2, 0) is 17.9 Å². The Labute approximate surface area is 262 Å². The molecule has 1 amide bonds. The van der Waals surface area contributed by atoms with Crippen molar-refractivity contribution in [3.8, 4) is 5.75 Å². The lowest BCUT2D eigenvalue weighted by Gasteiger charge is -2.39. The lowest BCUT2D eigenvalue weighted by atomic mass is 9.95.